The van der Waals surface area contributed by atoms with Gasteiger partial charge in [-0.3, -0.25) is 0 Å². The van der Waals surface area contributed by atoms with Gasteiger partial charge < -0.3 is 14.5 Å². The minimum Gasteiger partial charge on any atom is -0.383 e. The van der Waals surface area contributed by atoms with Crippen molar-refractivity contribution in [3.8, 4) is 16.9 Å². The van der Waals surface area contributed by atoms with Crippen LogP contribution in [0.15, 0.2) is 54.7 Å². The van der Waals surface area contributed by atoms with E-state index in [2.05, 4.69) is 90.1 Å². The molecule has 2 heterocycles. The van der Waals surface area contributed by atoms with Crippen molar-refractivity contribution in [2.45, 2.75) is 26.8 Å². The third-order valence-corrected chi connectivity index (χ3v) is 6.44. The second-order valence-corrected chi connectivity index (χ2v) is 9.25. The molecule has 0 amide bonds. The number of nitrogens with zero attached hydrogens (tertiary/aromatic N) is 4. The lowest BCUT2D eigenvalue weighted by Gasteiger charge is -2.21. The number of aryl methyl sites for hydroxylation is 2. The quantitative estimate of drug-likeness (QED) is 0.496. The average molecular weight is 433 g/mol. The van der Waals surface area contributed by atoms with Gasteiger partial charge in [0.1, 0.15) is 0 Å². The summed E-state index contributed by atoms with van der Waals surface area (Å²) in [6.07, 6.45) is 3.49. The van der Waals surface area contributed by atoms with Crippen LogP contribution in [0.1, 0.15) is 23.1 Å². The van der Waals surface area contributed by atoms with Gasteiger partial charge in [0, 0.05) is 50.6 Å². The molecule has 0 aliphatic carbocycles. The topological polar surface area (TPSA) is 33.5 Å². The highest BCUT2D eigenvalue weighted by molar-refractivity contribution is 5.63. The van der Waals surface area contributed by atoms with E-state index in [1.54, 1.807) is 7.11 Å². The molecule has 1 aromatic heterocycles. The van der Waals surface area contributed by atoms with Crippen LogP contribution in [0.3, 0.4) is 0 Å². The average Bonchev–Trinajstić information content (AvgIpc) is 3.41. The van der Waals surface area contributed by atoms with Crippen molar-refractivity contribution < 1.29 is 4.74 Å². The van der Waals surface area contributed by atoms with E-state index in [9.17, 15) is 0 Å². The lowest BCUT2D eigenvalue weighted by molar-refractivity contribution is 0.157. The monoisotopic (exact) mass is 432 g/mol. The first-order valence-corrected chi connectivity index (χ1v) is 11.6. The number of rotatable bonds is 9. The van der Waals surface area contributed by atoms with Crippen LogP contribution in [-0.2, 0) is 11.3 Å². The van der Waals surface area contributed by atoms with E-state index >= 15 is 0 Å². The molecule has 0 unspecified atom stereocenters. The molecule has 1 aliphatic rings. The number of ether oxygens (including phenoxy) is 1. The molecule has 0 saturated carbocycles. The zero-order chi connectivity index (χ0) is 22.5. The summed E-state index contributed by atoms with van der Waals surface area (Å²) in [5, 5.41) is 5.05. The molecule has 1 fully saturated rings. The number of likely N-dealkylation sites (tertiary alicyclic amines) is 1. The molecule has 3 aromatic rings. The molecule has 0 radical (unpaired) electrons. The summed E-state index contributed by atoms with van der Waals surface area (Å²) in [4.78, 5) is 4.98. The molecule has 0 bridgehead atoms. The third kappa shape index (κ3) is 5.47. The van der Waals surface area contributed by atoms with Crippen LogP contribution in [0.25, 0.3) is 16.9 Å². The fourth-order valence-corrected chi connectivity index (χ4v) is 4.74. The second kappa shape index (κ2) is 10.4. The van der Waals surface area contributed by atoms with Crippen LogP contribution in [0, 0.1) is 19.8 Å². The summed E-state index contributed by atoms with van der Waals surface area (Å²) < 4.78 is 7.31. The molecule has 0 spiro atoms. The maximum Gasteiger partial charge on any atom is 0.0972 e. The van der Waals surface area contributed by atoms with Crippen molar-refractivity contribution in [2.24, 2.45) is 5.92 Å². The molecule has 170 valence electrons. The van der Waals surface area contributed by atoms with Crippen LogP contribution in [-0.4, -0.2) is 66.5 Å². The molecule has 4 rings (SSSR count). The van der Waals surface area contributed by atoms with E-state index in [4.69, 9.17) is 9.84 Å². The fraction of sp³-hybridized carbons (Fsp3) is 0.444. The first kappa shape index (κ1) is 22.7. The molecular weight excluding hydrogens is 396 g/mol. The van der Waals surface area contributed by atoms with E-state index in [0.717, 1.165) is 37.6 Å². The minimum absolute atomic E-state index is 0.714. The molecular formula is C27H36N4O. The Morgan fingerprint density at radius 3 is 2.72 bits per heavy atom. The Morgan fingerprint density at radius 2 is 1.94 bits per heavy atom. The van der Waals surface area contributed by atoms with E-state index in [1.807, 2.05) is 0 Å². The van der Waals surface area contributed by atoms with Gasteiger partial charge in [0.2, 0.25) is 0 Å². The summed E-state index contributed by atoms with van der Waals surface area (Å²) in [5.41, 5.74) is 7.16. The maximum atomic E-state index is 5.25. The molecule has 1 atom stereocenters. The lowest BCUT2D eigenvalue weighted by Crippen LogP contribution is -2.29. The maximum absolute atomic E-state index is 5.25. The van der Waals surface area contributed by atoms with Gasteiger partial charge in [-0.15, -0.1) is 0 Å². The number of benzene rings is 2. The molecule has 1 saturated heterocycles. The molecule has 32 heavy (non-hydrogen) atoms. The number of aromatic nitrogens is 2. The predicted molar refractivity (Wildman–Crippen MR) is 131 cm³/mol. The second-order valence-electron chi connectivity index (χ2n) is 9.25. The molecule has 0 N–H and O–H groups in total. The van der Waals surface area contributed by atoms with Crippen LogP contribution < -0.4 is 0 Å². The van der Waals surface area contributed by atoms with Crippen LogP contribution >= 0.6 is 0 Å². The summed E-state index contributed by atoms with van der Waals surface area (Å²) in [7, 11) is 4.02. The third-order valence-electron chi connectivity index (χ3n) is 6.44. The van der Waals surface area contributed by atoms with Gasteiger partial charge in [-0.2, -0.15) is 5.10 Å². The summed E-state index contributed by atoms with van der Waals surface area (Å²) in [5.74, 6) is 0.714. The standard InChI is InChI=1S/C27H36N4O/c1-21-10-11-22(2)26(16-21)31-20-25(27(28-31)24-8-6-5-7-9-24)19-29(3)17-23-12-13-30(18-23)14-15-32-4/h5-11,16,20,23H,12-15,17-19H2,1-4H3/t23-/m1/s1. The fourth-order valence-electron chi connectivity index (χ4n) is 4.74. The highest BCUT2D eigenvalue weighted by Crippen LogP contribution is 2.27. The highest BCUT2D eigenvalue weighted by atomic mass is 16.5. The SMILES string of the molecule is COCCN1CC[C@H](CN(C)Cc2cn(-c3cc(C)ccc3C)nc2-c2ccccc2)C1. The van der Waals surface area contributed by atoms with Crippen molar-refractivity contribution >= 4 is 0 Å². The molecule has 1 aliphatic heterocycles. The van der Waals surface area contributed by atoms with Gasteiger partial charge in [-0.25, -0.2) is 4.68 Å². The van der Waals surface area contributed by atoms with Gasteiger partial charge in [0.25, 0.3) is 0 Å². The van der Waals surface area contributed by atoms with Gasteiger partial charge in [0.15, 0.2) is 0 Å². The van der Waals surface area contributed by atoms with Crippen molar-refractivity contribution in [2.75, 3.05) is 46.9 Å². The Morgan fingerprint density at radius 1 is 1.12 bits per heavy atom. The van der Waals surface area contributed by atoms with E-state index < -0.39 is 0 Å². The van der Waals surface area contributed by atoms with Gasteiger partial charge in [0.05, 0.1) is 18.0 Å². The molecule has 5 nitrogen and oxygen atoms in total. The first-order valence-electron chi connectivity index (χ1n) is 11.6. The van der Waals surface area contributed by atoms with Crippen LogP contribution in [0.2, 0.25) is 0 Å². The molecule has 5 heteroatoms. The Bertz CT molecular complexity index is 1010. The normalized spacial score (nSPS) is 16.8. The Hall–Kier alpha value is -2.47. The Balaban J connectivity index is 1.53. The Labute approximate surface area is 192 Å². The lowest BCUT2D eigenvalue weighted by atomic mass is 10.1. The number of methoxy groups -OCH3 is 1. The largest absolute Gasteiger partial charge is 0.383 e. The van der Waals surface area contributed by atoms with Crippen molar-refractivity contribution in [1.29, 1.82) is 0 Å². The van der Waals surface area contributed by atoms with E-state index in [-0.39, 0.29) is 0 Å². The zero-order valence-corrected chi connectivity index (χ0v) is 19.9. The van der Waals surface area contributed by atoms with Crippen molar-refractivity contribution in [3.05, 3.63) is 71.4 Å². The minimum atomic E-state index is 0.714. The van der Waals surface area contributed by atoms with Crippen LogP contribution in [0.5, 0.6) is 0 Å². The van der Waals surface area contributed by atoms with E-state index in [0.29, 0.717) is 5.92 Å². The number of hydrogen-bond acceptors (Lipinski definition) is 4. The van der Waals surface area contributed by atoms with Gasteiger partial charge in [-0.05, 0) is 57.0 Å². The van der Waals surface area contributed by atoms with Gasteiger partial charge in [-0.1, -0.05) is 42.5 Å². The summed E-state index contributed by atoms with van der Waals surface area (Å²) in [6.45, 7) is 10.5. The summed E-state index contributed by atoms with van der Waals surface area (Å²) >= 11 is 0. The highest BCUT2D eigenvalue weighted by Gasteiger charge is 2.24. The Kier molecular flexibility index (Phi) is 7.40. The molecule has 2 aromatic carbocycles. The predicted octanol–water partition coefficient (Wildman–Crippen LogP) is 4.56. The zero-order valence-electron chi connectivity index (χ0n) is 19.9. The van der Waals surface area contributed by atoms with Crippen molar-refractivity contribution in [1.82, 2.24) is 19.6 Å². The van der Waals surface area contributed by atoms with Crippen LogP contribution in [0.4, 0.5) is 0 Å². The van der Waals surface area contributed by atoms with Gasteiger partial charge >= 0.3 is 0 Å². The first-order chi connectivity index (χ1) is 15.5. The number of hydrogen-bond donors (Lipinski definition) is 0. The van der Waals surface area contributed by atoms with E-state index in [1.165, 1.54) is 41.8 Å². The van der Waals surface area contributed by atoms with Crippen molar-refractivity contribution in [3.63, 3.8) is 0 Å². The summed E-state index contributed by atoms with van der Waals surface area (Å²) in [6, 6.07) is 17.1. The smallest absolute Gasteiger partial charge is 0.0972 e.